The predicted octanol–water partition coefficient (Wildman–Crippen LogP) is 2.28. The number of rotatable bonds is 4. The van der Waals surface area contributed by atoms with Crippen LogP contribution >= 0.6 is 0 Å². The predicted molar refractivity (Wildman–Crippen MR) is 61.4 cm³/mol. The number of benzene rings is 1. The summed E-state index contributed by atoms with van der Waals surface area (Å²) < 4.78 is 13.2. The fraction of sp³-hybridized carbons (Fsp3) is 0.417. The summed E-state index contributed by atoms with van der Waals surface area (Å²) in [5.41, 5.74) is 5.49. The van der Waals surface area contributed by atoms with Crippen LogP contribution in [0, 0.1) is 11.7 Å². The molecule has 0 fully saturated rings. The molecular weight excluding hydrogens is 225 g/mol. The second-order valence-electron chi connectivity index (χ2n) is 4.43. The molecule has 0 saturated heterocycles. The lowest BCUT2D eigenvalue weighted by atomic mass is 9.95. The monoisotopic (exact) mass is 241 g/mol. The number of hydrogen-bond donors (Lipinski definition) is 3. The van der Waals surface area contributed by atoms with E-state index in [1.165, 1.54) is 0 Å². The molecule has 0 bridgehead atoms. The van der Waals surface area contributed by atoms with Crippen molar-refractivity contribution in [1.29, 1.82) is 0 Å². The number of phenols is 1. The summed E-state index contributed by atoms with van der Waals surface area (Å²) in [4.78, 5) is 10.8. The normalized spacial score (nSPS) is 12.8. The number of carboxylic acid groups (broad SMARTS) is 1. The van der Waals surface area contributed by atoms with Gasteiger partial charge in [-0.2, -0.15) is 0 Å². The maximum atomic E-state index is 13.2. The Hall–Kier alpha value is -1.62. The lowest BCUT2D eigenvalue weighted by Crippen LogP contribution is -2.14. The van der Waals surface area contributed by atoms with Crippen molar-refractivity contribution in [2.45, 2.75) is 26.3 Å². The maximum absolute atomic E-state index is 13.2. The summed E-state index contributed by atoms with van der Waals surface area (Å²) in [6, 6.07) is 1.28. The quantitative estimate of drug-likeness (QED) is 0.755. The molecule has 0 aromatic heterocycles. The van der Waals surface area contributed by atoms with Crippen molar-refractivity contribution in [1.82, 2.24) is 0 Å². The van der Waals surface area contributed by atoms with Crippen molar-refractivity contribution in [3.8, 4) is 5.75 Å². The summed E-state index contributed by atoms with van der Waals surface area (Å²) >= 11 is 0. The van der Waals surface area contributed by atoms with Gasteiger partial charge in [-0.25, -0.2) is 9.18 Å². The zero-order chi connectivity index (χ0) is 13.2. The van der Waals surface area contributed by atoms with E-state index in [1.54, 1.807) is 0 Å². The van der Waals surface area contributed by atoms with Gasteiger partial charge in [0.05, 0.1) is 0 Å². The largest absolute Gasteiger partial charge is 0.507 e. The first-order valence-corrected chi connectivity index (χ1v) is 5.34. The molecule has 0 spiro atoms. The fourth-order valence-electron chi connectivity index (χ4n) is 1.70. The van der Waals surface area contributed by atoms with Crippen LogP contribution < -0.4 is 5.73 Å². The van der Waals surface area contributed by atoms with E-state index < -0.39 is 29.1 Å². The topological polar surface area (TPSA) is 83.6 Å². The minimum atomic E-state index is -1.38. The van der Waals surface area contributed by atoms with Crippen LogP contribution in [0.1, 0.15) is 42.2 Å². The fourth-order valence-corrected chi connectivity index (χ4v) is 1.70. The zero-order valence-corrected chi connectivity index (χ0v) is 9.77. The number of aromatic carboxylic acids is 1. The molecule has 0 aliphatic rings. The number of hydrogen-bond acceptors (Lipinski definition) is 3. The highest BCUT2D eigenvalue weighted by atomic mass is 19.1. The third-order valence-corrected chi connectivity index (χ3v) is 2.46. The van der Waals surface area contributed by atoms with E-state index in [-0.39, 0.29) is 11.5 Å². The summed E-state index contributed by atoms with van der Waals surface area (Å²) in [5.74, 6) is -2.28. The van der Waals surface area contributed by atoms with Gasteiger partial charge in [0, 0.05) is 11.6 Å². The Kier molecular flexibility index (Phi) is 4.07. The molecule has 1 atom stereocenters. The molecule has 1 rings (SSSR count). The lowest BCUT2D eigenvalue weighted by Gasteiger charge is -2.17. The lowest BCUT2D eigenvalue weighted by molar-refractivity contribution is 0.0693. The Morgan fingerprint density at radius 3 is 2.53 bits per heavy atom. The molecule has 0 aliphatic heterocycles. The molecule has 1 aromatic carbocycles. The van der Waals surface area contributed by atoms with Gasteiger partial charge in [-0.15, -0.1) is 0 Å². The van der Waals surface area contributed by atoms with E-state index >= 15 is 0 Å². The Balaban J connectivity index is 3.19. The molecule has 0 heterocycles. The van der Waals surface area contributed by atoms with Gasteiger partial charge in [0.15, 0.2) is 0 Å². The van der Waals surface area contributed by atoms with Crippen molar-refractivity contribution in [2.75, 3.05) is 0 Å². The van der Waals surface area contributed by atoms with Crippen LogP contribution in [0.15, 0.2) is 12.1 Å². The van der Waals surface area contributed by atoms with Crippen molar-refractivity contribution >= 4 is 5.97 Å². The van der Waals surface area contributed by atoms with Crippen LogP contribution in [0.5, 0.6) is 5.75 Å². The minimum Gasteiger partial charge on any atom is -0.507 e. The van der Waals surface area contributed by atoms with E-state index in [2.05, 4.69) is 0 Å². The second-order valence-corrected chi connectivity index (χ2v) is 4.43. The van der Waals surface area contributed by atoms with Crippen LogP contribution in [0.25, 0.3) is 0 Å². The minimum absolute atomic E-state index is 0.135. The number of carbonyl (C=O) groups is 1. The smallest absolute Gasteiger partial charge is 0.339 e. The summed E-state index contributed by atoms with van der Waals surface area (Å²) in [5, 5.41) is 18.6. The van der Waals surface area contributed by atoms with Gasteiger partial charge in [0.25, 0.3) is 0 Å². The first-order valence-electron chi connectivity index (χ1n) is 5.34. The van der Waals surface area contributed by atoms with Gasteiger partial charge in [-0.1, -0.05) is 13.8 Å². The Labute approximate surface area is 98.9 Å². The molecule has 0 radical (unpaired) electrons. The number of aromatic hydroxyl groups is 1. The molecular formula is C12H16FNO3. The van der Waals surface area contributed by atoms with Gasteiger partial charge in [-0.05, 0) is 24.5 Å². The Morgan fingerprint density at radius 1 is 1.47 bits per heavy atom. The van der Waals surface area contributed by atoms with E-state index in [9.17, 15) is 14.3 Å². The average molecular weight is 241 g/mol. The van der Waals surface area contributed by atoms with Crippen LogP contribution in [0.4, 0.5) is 4.39 Å². The molecule has 0 saturated carbocycles. The Morgan fingerprint density at radius 2 is 2.06 bits per heavy atom. The molecule has 94 valence electrons. The highest BCUT2D eigenvalue weighted by Gasteiger charge is 2.20. The first kappa shape index (κ1) is 13.4. The standard InChI is InChI=1S/C12H16FNO3/c1-6(2)3-10(14)8-4-7(13)5-9(11(8)15)12(16)17/h4-6,10,15H,3,14H2,1-2H3,(H,16,17)/t10-/m0/s1. The Bertz CT molecular complexity index is 432. The number of carboxylic acids is 1. The molecule has 0 aliphatic carbocycles. The van der Waals surface area contributed by atoms with E-state index in [4.69, 9.17) is 10.8 Å². The van der Waals surface area contributed by atoms with Gasteiger partial charge < -0.3 is 15.9 Å². The van der Waals surface area contributed by atoms with E-state index in [1.807, 2.05) is 13.8 Å². The van der Waals surface area contributed by atoms with Gasteiger partial charge in [-0.3, -0.25) is 0 Å². The van der Waals surface area contributed by atoms with Gasteiger partial charge >= 0.3 is 5.97 Å². The number of halogens is 1. The third-order valence-electron chi connectivity index (χ3n) is 2.46. The van der Waals surface area contributed by atoms with Crippen molar-refractivity contribution < 1.29 is 19.4 Å². The SMILES string of the molecule is CC(C)C[C@H](N)c1cc(F)cc(C(=O)O)c1O. The van der Waals surface area contributed by atoms with E-state index in [0.717, 1.165) is 12.1 Å². The van der Waals surface area contributed by atoms with Crippen molar-refractivity contribution in [3.63, 3.8) is 0 Å². The van der Waals surface area contributed by atoms with Gasteiger partial charge in [0.2, 0.25) is 0 Å². The number of nitrogens with two attached hydrogens (primary N) is 1. The summed E-state index contributed by atoms with van der Waals surface area (Å²) in [6.45, 7) is 3.88. The highest BCUT2D eigenvalue weighted by Crippen LogP contribution is 2.31. The highest BCUT2D eigenvalue weighted by molar-refractivity contribution is 5.91. The molecule has 4 nitrogen and oxygen atoms in total. The van der Waals surface area contributed by atoms with Crippen molar-refractivity contribution in [3.05, 3.63) is 29.1 Å². The molecule has 0 amide bonds. The average Bonchev–Trinajstić information content (AvgIpc) is 2.19. The second kappa shape index (κ2) is 5.14. The van der Waals surface area contributed by atoms with Gasteiger partial charge in [0.1, 0.15) is 17.1 Å². The third kappa shape index (κ3) is 3.17. The van der Waals surface area contributed by atoms with E-state index in [0.29, 0.717) is 6.42 Å². The maximum Gasteiger partial charge on any atom is 0.339 e. The molecule has 5 heteroatoms. The van der Waals surface area contributed by atoms with Crippen LogP contribution in [-0.2, 0) is 0 Å². The van der Waals surface area contributed by atoms with Crippen LogP contribution in [-0.4, -0.2) is 16.2 Å². The molecule has 1 aromatic rings. The summed E-state index contributed by atoms with van der Waals surface area (Å²) in [7, 11) is 0. The van der Waals surface area contributed by atoms with Crippen LogP contribution in [0.3, 0.4) is 0 Å². The molecule has 4 N–H and O–H groups in total. The van der Waals surface area contributed by atoms with Crippen LogP contribution in [0.2, 0.25) is 0 Å². The van der Waals surface area contributed by atoms with Crippen molar-refractivity contribution in [2.24, 2.45) is 11.7 Å². The molecule has 0 unspecified atom stereocenters. The summed E-state index contributed by atoms with van der Waals surface area (Å²) in [6.07, 6.45) is 0.538. The zero-order valence-electron chi connectivity index (χ0n) is 9.77. The first-order chi connectivity index (χ1) is 7.82. The molecule has 17 heavy (non-hydrogen) atoms.